The van der Waals surface area contributed by atoms with Gasteiger partial charge < -0.3 is 9.84 Å². The smallest absolute Gasteiger partial charge is 0.303 e. The van der Waals surface area contributed by atoms with Gasteiger partial charge >= 0.3 is 5.97 Å². The highest BCUT2D eigenvalue weighted by Crippen LogP contribution is 2.24. The minimum Gasteiger partial charge on any atom is -0.493 e. The summed E-state index contributed by atoms with van der Waals surface area (Å²) >= 11 is 11.5. The summed E-state index contributed by atoms with van der Waals surface area (Å²) in [5.74, 6) is -0.277. The van der Waals surface area contributed by atoms with Crippen LogP contribution in [0.4, 0.5) is 0 Å². The zero-order chi connectivity index (χ0) is 11.3. The number of ether oxygens (including phenoxy) is 1. The topological polar surface area (TPSA) is 46.5 Å². The highest BCUT2D eigenvalue weighted by atomic mass is 35.5. The second kappa shape index (κ2) is 5.83. The lowest BCUT2D eigenvalue weighted by atomic mass is 10.3. The van der Waals surface area contributed by atoms with Gasteiger partial charge in [0.25, 0.3) is 0 Å². The molecule has 1 rings (SSSR count). The molecule has 0 heterocycles. The summed E-state index contributed by atoms with van der Waals surface area (Å²) in [4.78, 5) is 10.2. The van der Waals surface area contributed by atoms with E-state index < -0.39 is 5.97 Å². The first-order valence-electron chi connectivity index (χ1n) is 4.38. The summed E-state index contributed by atoms with van der Waals surface area (Å²) in [5, 5.41) is 9.39. The molecule has 0 bridgehead atoms. The lowest BCUT2D eigenvalue weighted by Crippen LogP contribution is -2.01. The predicted octanol–water partition coefficient (Wildman–Crippen LogP) is 3.24. The number of rotatable bonds is 5. The summed E-state index contributed by atoms with van der Waals surface area (Å²) in [6.45, 7) is 0.336. The van der Waals surface area contributed by atoms with E-state index in [0.717, 1.165) is 0 Å². The summed E-state index contributed by atoms with van der Waals surface area (Å²) in [6.07, 6.45) is 0.549. The highest BCUT2D eigenvalue weighted by Gasteiger charge is 2.00. The molecule has 1 aromatic rings. The summed E-state index contributed by atoms with van der Waals surface area (Å²) in [5.41, 5.74) is 0. The number of halogens is 2. The summed E-state index contributed by atoms with van der Waals surface area (Å²) in [6, 6.07) is 4.87. The molecule has 82 valence electrons. The minimum atomic E-state index is -0.831. The van der Waals surface area contributed by atoms with E-state index in [9.17, 15) is 4.79 Å². The van der Waals surface area contributed by atoms with Crippen molar-refractivity contribution in [1.29, 1.82) is 0 Å². The van der Waals surface area contributed by atoms with Gasteiger partial charge in [0.05, 0.1) is 6.61 Å². The lowest BCUT2D eigenvalue weighted by molar-refractivity contribution is -0.137. The van der Waals surface area contributed by atoms with E-state index >= 15 is 0 Å². The number of carboxylic acid groups (broad SMARTS) is 1. The van der Waals surface area contributed by atoms with E-state index in [2.05, 4.69) is 0 Å². The molecular weight excluding hydrogens is 239 g/mol. The summed E-state index contributed by atoms with van der Waals surface area (Å²) < 4.78 is 5.29. The molecule has 0 aromatic heterocycles. The van der Waals surface area contributed by atoms with Crippen molar-refractivity contribution in [3.63, 3.8) is 0 Å². The molecule has 0 saturated heterocycles. The van der Waals surface area contributed by atoms with E-state index in [1.165, 1.54) is 0 Å². The van der Waals surface area contributed by atoms with Crippen molar-refractivity contribution in [3.05, 3.63) is 28.2 Å². The second-order valence-electron chi connectivity index (χ2n) is 2.95. The quantitative estimate of drug-likeness (QED) is 0.815. The average molecular weight is 249 g/mol. The molecule has 0 aliphatic carbocycles. The Balaban J connectivity index is 2.40. The van der Waals surface area contributed by atoms with Crippen LogP contribution in [0.2, 0.25) is 10.0 Å². The van der Waals surface area contributed by atoms with E-state index in [1.54, 1.807) is 18.2 Å². The van der Waals surface area contributed by atoms with E-state index in [0.29, 0.717) is 28.8 Å². The molecule has 0 radical (unpaired) electrons. The number of hydrogen-bond acceptors (Lipinski definition) is 2. The minimum absolute atomic E-state index is 0.0916. The van der Waals surface area contributed by atoms with Crippen molar-refractivity contribution in [2.75, 3.05) is 6.61 Å². The molecule has 1 N–H and O–H groups in total. The van der Waals surface area contributed by atoms with Crippen molar-refractivity contribution < 1.29 is 14.6 Å². The van der Waals surface area contributed by atoms with Gasteiger partial charge in [0.2, 0.25) is 0 Å². The molecule has 0 saturated carbocycles. The Morgan fingerprint density at radius 2 is 1.87 bits per heavy atom. The normalized spacial score (nSPS) is 10.0. The molecule has 0 amide bonds. The van der Waals surface area contributed by atoms with Gasteiger partial charge in [0.15, 0.2) is 0 Å². The molecule has 0 spiro atoms. The third-order valence-electron chi connectivity index (χ3n) is 1.64. The Kier molecular flexibility index (Phi) is 4.72. The first-order chi connectivity index (χ1) is 7.08. The molecule has 3 nitrogen and oxygen atoms in total. The lowest BCUT2D eigenvalue weighted by Gasteiger charge is -2.05. The Hall–Kier alpha value is -0.930. The fourth-order valence-electron chi connectivity index (χ4n) is 1.03. The van der Waals surface area contributed by atoms with Crippen molar-refractivity contribution in [3.8, 4) is 5.75 Å². The van der Waals surface area contributed by atoms with Crippen molar-refractivity contribution in [2.24, 2.45) is 0 Å². The number of carbonyl (C=O) groups is 1. The van der Waals surface area contributed by atoms with Gasteiger partial charge in [-0.25, -0.2) is 0 Å². The van der Waals surface area contributed by atoms with E-state index in [4.69, 9.17) is 33.0 Å². The van der Waals surface area contributed by atoms with Gasteiger partial charge in [0, 0.05) is 16.5 Å². The van der Waals surface area contributed by atoms with Crippen molar-refractivity contribution in [1.82, 2.24) is 0 Å². The Labute approximate surface area is 97.6 Å². The Morgan fingerprint density at radius 3 is 2.40 bits per heavy atom. The number of hydrogen-bond donors (Lipinski definition) is 1. The predicted molar refractivity (Wildman–Crippen MR) is 58.8 cm³/mol. The van der Waals surface area contributed by atoms with Crippen LogP contribution >= 0.6 is 23.2 Å². The average Bonchev–Trinajstić information content (AvgIpc) is 2.10. The molecule has 0 atom stereocenters. The third kappa shape index (κ3) is 4.91. The molecule has 0 unspecified atom stereocenters. The van der Waals surface area contributed by atoms with Gasteiger partial charge in [-0.1, -0.05) is 23.2 Å². The number of carboxylic acids is 1. The molecular formula is C10H10Cl2O3. The van der Waals surface area contributed by atoms with Crippen LogP contribution in [-0.2, 0) is 4.79 Å². The zero-order valence-electron chi connectivity index (χ0n) is 7.87. The van der Waals surface area contributed by atoms with Gasteiger partial charge in [-0.3, -0.25) is 4.79 Å². The standard InChI is InChI=1S/C10H10Cl2O3/c11-7-4-8(12)6-9(5-7)15-3-1-2-10(13)14/h4-6H,1-3H2,(H,13,14). The molecule has 5 heteroatoms. The maximum absolute atomic E-state index is 10.2. The fourth-order valence-corrected chi connectivity index (χ4v) is 1.53. The Morgan fingerprint density at radius 1 is 1.27 bits per heavy atom. The maximum atomic E-state index is 10.2. The highest BCUT2D eigenvalue weighted by molar-refractivity contribution is 6.34. The molecule has 0 fully saturated rings. The third-order valence-corrected chi connectivity index (χ3v) is 2.08. The van der Waals surface area contributed by atoms with Gasteiger partial charge in [-0.2, -0.15) is 0 Å². The van der Waals surface area contributed by atoms with Gasteiger partial charge in [-0.15, -0.1) is 0 Å². The van der Waals surface area contributed by atoms with E-state index in [-0.39, 0.29) is 6.42 Å². The zero-order valence-corrected chi connectivity index (χ0v) is 9.38. The fraction of sp³-hybridized carbons (Fsp3) is 0.300. The van der Waals surface area contributed by atoms with E-state index in [1.807, 2.05) is 0 Å². The number of benzene rings is 1. The van der Waals surface area contributed by atoms with Crippen LogP contribution in [0.25, 0.3) is 0 Å². The van der Waals surface area contributed by atoms with Gasteiger partial charge in [0.1, 0.15) is 5.75 Å². The van der Waals surface area contributed by atoms with Crippen LogP contribution in [0.3, 0.4) is 0 Å². The first-order valence-corrected chi connectivity index (χ1v) is 5.14. The van der Waals surface area contributed by atoms with Crippen LogP contribution in [0.5, 0.6) is 5.75 Å². The van der Waals surface area contributed by atoms with Gasteiger partial charge in [-0.05, 0) is 24.6 Å². The van der Waals surface area contributed by atoms with Crippen LogP contribution < -0.4 is 4.74 Å². The monoisotopic (exact) mass is 248 g/mol. The number of aliphatic carboxylic acids is 1. The van der Waals surface area contributed by atoms with Crippen molar-refractivity contribution in [2.45, 2.75) is 12.8 Å². The van der Waals surface area contributed by atoms with Crippen LogP contribution in [-0.4, -0.2) is 17.7 Å². The Bertz CT molecular complexity index is 332. The maximum Gasteiger partial charge on any atom is 0.303 e. The second-order valence-corrected chi connectivity index (χ2v) is 3.82. The van der Waals surface area contributed by atoms with Crippen molar-refractivity contribution >= 4 is 29.2 Å². The van der Waals surface area contributed by atoms with Crippen LogP contribution in [0, 0.1) is 0 Å². The molecule has 1 aromatic carbocycles. The van der Waals surface area contributed by atoms with Crippen LogP contribution in [0.15, 0.2) is 18.2 Å². The summed E-state index contributed by atoms with van der Waals surface area (Å²) in [7, 11) is 0. The molecule has 0 aliphatic heterocycles. The van der Waals surface area contributed by atoms with Crippen LogP contribution in [0.1, 0.15) is 12.8 Å². The first kappa shape index (κ1) is 12.1. The molecule has 15 heavy (non-hydrogen) atoms. The SMILES string of the molecule is O=C(O)CCCOc1cc(Cl)cc(Cl)c1. The molecule has 0 aliphatic rings. The largest absolute Gasteiger partial charge is 0.493 e.